The third-order valence-corrected chi connectivity index (χ3v) is 6.89. The van der Waals surface area contributed by atoms with Crippen molar-refractivity contribution in [3.05, 3.63) is 82.9 Å². The summed E-state index contributed by atoms with van der Waals surface area (Å²) in [6, 6.07) is 21.3. The number of nitrogens with one attached hydrogen (secondary N) is 2. The van der Waals surface area contributed by atoms with Crippen LogP contribution in [0.15, 0.2) is 71.6 Å². The molecule has 1 aromatic heterocycles. The van der Waals surface area contributed by atoms with E-state index in [1.54, 1.807) is 23.5 Å². The predicted molar refractivity (Wildman–Crippen MR) is 123 cm³/mol. The number of thioether (sulfide) groups is 1. The molecule has 0 radical (unpaired) electrons. The Bertz CT molecular complexity index is 1230. The summed E-state index contributed by atoms with van der Waals surface area (Å²) >= 11 is 3.18. The van der Waals surface area contributed by atoms with Crippen LogP contribution in [0.5, 0.6) is 0 Å². The minimum absolute atomic E-state index is 0.0474. The van der Waals surface area contributed by atoms with E-state index in [1.165, 1.54) is 16.5 Å². The van der Waals surface area contributed by atoms with E-state index in [2.05, 4.69) is 21.7 Å². The Kier molecular flexibility index (Phi) is 4.98. The Balaban J connectivity index is 1.27. The number of thiazole rings is 1. The molecule has 2 N–H and O–H groups in total. The zero-order valence-corrected chi connectivity index (χ0v) is 17.5. The van der Waals surface area contributed by atoms with Gasteiger partial charge in [0, 0.05) is 22.6 Å². The van der Waals surface area contributed by atoms with Crippen LogP contribution in [0, 0.1) is 0 Å². The van der Waals surface area contributed by atoms with Crippen molar-refractivity contribution in [2.24, 2.45) is 0 Å². The Labute approximate surface area is 181 Å². The van der Waals surface area contributed by atoms with Crippen LogP contribution in [0.25, 0.3) is 10.2 Å². The lowest BCUT2D eigenvalue weighted by molar-refractivity contribution is -0.113. The van der Waals surface area contributed by atoms with Gasteiger partial charge in [-0.2, -0.15) is 0 Å². The van der Waals surface area contributed by atoms with Gasteiger partial charge in [-0.1, -0.05) is 24.3 Å². The number of benzene rings is 3. The largest absolute Gasteiger partial charge is 0.324 e. The van der Waals surface area contributed by atoms with E-state index in [-0.39, 0.29) is 11.8 Å². The van der Waals surface area contributed by atoms with E-state index >= 15 is 0 Å². The number of hydrogen-bond acceptors (Lipinski definition) is 5. The number of carbonyl (C=O) groups is 2. The van der Waals surface area contributed by atoms with Gasteiger partial charge in [0.15, 0.2) is 0 Å². The fourth-order valence-electron chi connectivity index (χ4n) is 3.30. The SMILES string of the molecule is O=C1CSc2ccc(C(=O)Nc3ccc(Cc4nc5ccccc5s4)cc3)cc2N1. The molecule has 0 atom stereocenters. The molecule has 2 amide bonds. The Morgan fingerprint density at radius 2 is 1.90 bits per heavy atom. The average Bonchev–Trinajstić information content (AvgIpc) is 3.17. The second-order valence-corrected chi connectivity index (χ2v) is 9.08. The van der Waals surface area contributed by atoms with E-state index < -0.39 is 0 Å². The molecule has 5 rings (SSSR count). The molecule has 1 aliphatic heterocycles. The van der Waals surface area contributed by atoms with Crippen molar-refractivity contribution in [1.29, 1.82) is 0 Å². The smallest absolute Gasteiger partial charge is 0.255 e. The molecule has 2 heterocycles. The first kappa shape index (κ1) is 18.8. The summed E-state index contributed by atoms with van der Waals surface area (Å²) in [6.45, 7) is 0. The molecule has 5 nitrogen and oxygen atoms in total. The number of fused-ring (bicyclic) bond motifs is 2. The van der Waals surface area contributed by atoms with Crippen LogP contribution in [0.4, 0.5) is 11.4 Å². The molecule has 3 aromatic carbocycles. The van der Waals surface area contributed by atoms with Crippen molar-refractivity contribution in [2.75, 3.05) is 16.4 Å². The number of amides is 2. The monoisotopic (exact) mass is 431 g/mol. The van der Waals surface area contributed by atoms with E-state index in [1.807, 2.05) is 48.5 Å². The summed E-state index contributed by atoms with van der Waals surface area (Å²) in [5.74, 6) is 0.150. The number of hydrogen-bond donors (Lipinski definition) is 2. The molecule has 0 saturated heterocycles. The Morgan fingerprint density at radius 3 is 2.73 bits per heavy atom. The standard InChI is InChI=1S/C23H17N3O2S2/c27-21-13-29-19-10-7-15(12-18(19)25-21)23(28)24-16-8-5-14(6-9-16)11-22-26-17-3-1-2-4-20(17)30-22/h1-10,12H,11,13H2,(H,24,28)(H,25,27). The molecule has 0 aliphatic carbocycles. The van der Waals surface area contributed by atoms with E-state index in [9.17, 15) is 9.59 Å². The molecule has 4 aromatic rings. The first-order valence-corrected chi connectivity index (χ1v) is 11.3. The lowest BCUT2D eigenvalue weighted by atomic mass is 10.1. The van der Waals surface area contributed by atoms with Crippen LogP contribution < -0.4 is 10.6 Å². The number of anilines is 2. The third kappa shape index (κ3) is 3.94. The number of aromatic nitrogens is 1. The van der Waals surface area contributed by atoms with E-state index in [0.717, 1.165) is 33.1 Å². The van der Waals surface area contributed by atoms with Gasteiger partial charge in [-0.05, 0) is 48.0 Å². The molecule has 0 saturated carbocycles. The second kappa shape index (κ2) is 7.93. The van der Waals surface area contributed by atoms with Crippen LogP contribution in [0.1, 0.15) is 20.9 Å². The highest BCUT2D eigenvalue weighted by atomic mass is 32.2. The van der Waals surface area contributed by atoms with Gasteiger partial charge >= 0.3 is 0 Å². The maximum Gasteiger partial charge on any atom is 0.255 e. The molecule has 148 valence electrons. The number of nitrogens with zero attached hydrogens (tertiary/aromatic N) is 1. The fourth-order valence-corrected chi connectivity index (χ4v) is 5.09. The highest BCUT2D eigenvalue weighted by Crippen LogP contribution is 2.32. The number of carbonyl (C=O) groups excluding carboxylic acids is 2. The van der Waals surface area contributed by atoms with Crippen LogP contribution >= 0.6 is 23.1 Å². The van der Waals surface area contributed by atoms with Gasteiger partial charge in [0.25, 0.3) is 5.91 Å². The van der Waals surface area contributed by atoms with Gasteiger partial charge in [0.2, 0.25) is 5.91 Å². The summed E-state index contributed by atoms with van der Waals surface area (Å²) in [5, 5.41) is 6.80. The van der Waals surface area contributed by atoms with Gasteiger partial charge in [0.1, 0.15) is 0 Å². The molecule has 7 heteroatoms. The third-order valence-electron chi connectivity index (χ3n) is 4.78. The Morgan fingerprint density at radius 1 is 1.07 bits per heavy atom. The van der Waals surface area contributed by atoms with Crippen LogP contribution in [-0.2, 0) is 11.2 Å². The van der Waals surface area contributed by atoms with Crippen molar-refractivity contribution in [1.82, 2.24) is 4.98 Å². The quantitative estimate of drug-likeness (QED) is 0.467. The van der Waals surface area contributed by atoms with Gasteiger partial charge < -0.3 is 10.6 Å². The topological polar surface area (TPSA) is 71.1 Å². The molecule has 0 bridgehead atoms. The summed E-state index contributed by atoms with van der Waals surface area (Å²) in [7, 11) is 0. The predicted octanol–water partition coefficient (Wildman–Crippen LogP) is 5.18. The first-order chi connectivity index (χ1) is 14.6. The first-order valence-electron chi connectivity index (χ1n) is 9.45. The Hall–Kier alpha value is -3.16. The highest BCUT2D eigenvalue weighted by molar-refractivity contribution is 8.00. The van der Waals surface area contributed by atoms with Crippen molar-refractivity contribution in [3.8, 4) is 0 Å². The zero-order chi connectivity index (χ0) is 20.5. The minimum Gasteiger partial charge on any atom is -0.324 e. The second-order valence-electron chi connectivity index (χ2n) is 6.95. The maximum absolute atomic E-state index is 12.6. The number of para-hydroxylation sites is 1. The molecule has 0 unspecified atom stereocenters. The molecular weight excluding hydrogens is 414 g/mol. The zero-order valence-electron chi connectivity index (χ0n) is 15.8. The van der Waals surface area contributed by atoms with Crippen molar-refractivity contribution < 1.29 is 9.59 Å². The van der Waals surface area contributed by atoms with Gasteiger partial charge in [-0.25, -0.2) is 4.98 Å². The molecule has 30 heavy (non-hydrogen) atoms. The molecule has 0 spiro atoms. The highest BCUT2D eigenvalue weighted by Gasteiger charge is 2.17. The van der Waals surface area contributed by atoms with Crippen LogP contribution in [-0.4, -0.2) is 22.6 Å². The van der Waals surface area contributed by atoms with Gasteiger partial charge in [0.05, 0.1) is 26.7 Å². The molecule has 1 aliphatic rings. The number of rotatable bonds is 4. The summed E-state index contributed by atoms with van der Waals surface area (Å²) in [4.78, 5) is 29.8. The van der Waals surface area contributed by atoms with Crippen molar-refractivity contribution in [2.45, 2.75) is 11.3 Å². The van der Waals surface area contributed by atoms with Gasteiger partial charge in [-0.15, -0.1) is 23.1 Å². The molecule has 0 fully saturated rings. The average molecular weight is 432 g/mol. The lowest BCUT2D eigenvalue weighted by Gasteiger charge is -2.17. The van der Waals surface area contributed by atoms with Crippen LogP contribution in [0.2, 0.25) is 0 Å². The minimum atomic E-state index is -0.207. The summed E-state index contributed by atoms with van der Waals surface area (Å²) in [5.41, 5.74) is 4.09. The van der Waals surface area contributed by atoms with E-state index in [4.69, 9.17) is 0 Å². The summed E-state index contributed by atoms with van der Waals surface area (Å²) < 4.78 is 1.19. The normalized spacial score (nSPS) is 13.0. The fraction of sp³-hybridized carbons (Fsp3) is 0.0870. The molecular formula is C23H17N3O2S2. The van der Waals surface area contributed by atoms with Crippen molar-refractivity contribution >= 4 is 56.5 Å². The lowest BCUT2D eigenvalue weighted by Crippen LogP contribution is -2.19. The van der Waals surface area contributed by atoms with Gasteiger partial charge in [-0.3, -0.25) is 9.59 Å². The maximum atomic E-state index is 12.6. The van der Waals surface area contributed by atoms with Crippen LogP contribution in [0.3, 0.4) is 0 Å². The summed E-state index contributed by atoms with van der Waals surface area (Å²) in [6.07, 6.45) is 0.760. The van der Waals surface area contributed by atoms with Crippen molar-refractivity contribution in [3.63, 3.8) is 0 Å². The van der Waals surface area contributed by atoms with E-state index in [0.29, 0.717) is 17.0 Å².